The van der Waals surface area contributed by atoms with Crippen LogP contribution < -0.4 is 0 Å². The zero-order chi connectivity index (χ0) is 12.4. The first-order valence-electron chi connectivity index (χ1n) is 5.56. The van der Waals surface area contributed by atoms with Crippen LogP contribution in [-0.4, -0.2) is 24.6 Å². The molecule has 0 N–H and O–H groups in total. The van der Waals surface area contributed by atoms with Crippen LogP contribution in [0.1, 0.15) is 39.5 Å². The van der Waals surface area contributed by atoms with Crippen molar-refractivity contribution in [3.05, 3.63) is 12.7 Å². The second-order valence-electron chi connectivity index (χ2n) is 3.48. The van der Waals surface area contributed by atoms with E-state index < -0.39 is 0 Å². The standard InChI is InChI=1S/C12H20O4/c1-4-7-10(3)16-12(14)9-6-8-11(13)15-5-2/h4,10H,1,5-9H2,2-3H3. The molecule has 0 saturated heterocycles. The first-order valence-corrected chi connectivity index (χ1v) is 5.56. The average molecular weight is 228 g/mol. The number of carbonyl (C=O) groups excluding carboxylic acids is 2. The molecular weight excluding hydrogens is 208 g/mol. The topological polar surface area (TPSA) is 52.6 Å². The van der Waals surface area contributed by atoms with Gasteiger partial charge in [0.15, 0.2) is 0 Å². The van der Waals surface area contributed by atoms with Crippen LogP contribution in [0.25, 0.3) is 0 Å². The van der Waals surface area contributed by atoms with Crippen LogP contribution >= 0.6 is 0 Å². The lowest BCUT2D eigenvalue weighted by molar-refractivity contribution is -0.148. The van der Waals surface area contributed by atoms with Gasteiger partial charge in [-0.05, 0) is 20.3 Å². The van der Waals surface area contributed by atoms with Gasteiger partial charge in [-0.25, -0.2) is 0 Å². The minimum absolute atomic E-state index is 0.146. The largest absolute Gasteiger partial charge is 0.466 e. The summed E-state index contributed by atoms with van der Waals surface area (Å²) in [4.78, 5) is 22.2. The average Bonchev–Trinajstić information content (AvgIpc) is 2.18. The van der Waals surface area contributed by atoms with Crippen LogP contribution in [0.3, 0.4) is 0 Å². The molecule has 0 aliphatic heterocycles. The van der Waals surface area contributed by atoms with E-state index in [0.717, 1.165) is 0 Å². The molecule has 4 nitrogen and oxygen atoms in total. The van der Waals surface area contributed by atoms with Crippen molar-refractivity contribution in [2.75, 3.05) is 6.61 Å². The number of hydrogen-bond donors (Lipinski definition) is 0. The molecule has 0 amide bonds. The summed E-state index contributed by atoms with van der Waals surface area (Å²) in [7, 11) is 0. The highest BCUT2D eigenvalue weighted by atomic mass is 16.5. The Morgan fingerprint density at radius 1 is 1.31 bits per heavy atom. The Labute approximate surface area is 96.6 Å². The molecule has 0 aliphatic carbocycles. The highest BCUT2D eigenvalue weighted by Crippen LogP contribution is 2.04. The van der Waals surface area contributed by atoms with Crippen molar-refractivity contribution < 1.29 is 19.1 Å². The molecule has 92 valence electrons. The third-order valence-electron chi connectivity index (χ3n) is 1.90. The van der Waals surface area contributed by atoms with Gasteiger partial charge in [-0.3, -0.25) is 9.59 Å². The van der Waals surface area contributed by atoms with Crippen molar-refractivity contribution in [2.24, 2.45) is 0 Å². The molecule has 0 rings (SSSR count). The van der Waals surface area contributed by atoms with Crippen LogP contribution in [0, 0.1) is 0 Å². The number of rotatable bonds is 8. The van der Waals surface area contributed by atoms with E-state index >= 15 is 0 Å². The first-order chi connectivity index (χ1) is 7.60. The fraction of sp³-hybridized carbons (Fsp3) is 0.667. The van der Waals surface area contributed by atoms with Crippen molar-refractivity contribution in [3.63, 3.8) is 0 Å². The van der Waals surface area contributed by atoms with Crippen molar-refractivity contribution in [2.45, 2.75) is 45.6 Å². The molecule has 0 aromatic rings. The molecule has 4 heteroatoms. The van der Waals surface area contributed by atoms with Gasteiger partial charge in [0, 0.05) is 19.3 Å². The van der Waals surface area contributed by atoms with Crippen molar-refractivity contribution in [3.8, 4) is 0 Å². The van der Waals surface area contributed by atoms with E-state index in [2.05, 4.69) is 6.58 Å². The van der Waals surface area contributed by atoms with E-state index in [1.54, 1.807) is 13.0 Å². The Bertz CT molecular complexity index is 235. The highest BCUT2D eigenvalue weighted by molar-refractivity contribution is 5.72. The quantitative estimate of drug-likeness (QED) is 0.472. The van der Waals surface area contributed by atoms with Gasteiger partial charge in [0.05, 0.1) is 6.61 Å². The lowest BCUT2D eigenvalue weighted by atomic mass is 10.2. The molecule has 0 radical (unpaired) electrons. The van der Waals surface area contributed by atoms with Gasteiger partial charge in [-0.2, -0.15) is 0 Å². The second kappa shape index (κ2) is 8.95. The van der Waals surface area contributed by atoms with E-state index in [1.807, 2.05) is 6.92 Å². The van der Waals surface area contributed by atoms with E-state index in [9.17, 15) is 9.59 Å². The van der Waals surface area contributed by atoms with E-state index in [1.165, 1.54) is 0 Å². The van der Waals surface area contributed by atoms with Crippen LogP contribution in [-0.2, 0) is 19.1 Å². The van der Waals surface area contributed by atoms with Crippen LogP contribution in [0.5, 0.6) is 0 Å². The summed E-state index contributed by atoms with van der Waals surface area (Å²) in [5.41, 5.74) is 0. The Morgan fingerprint density at radius 3 is 2.50 bits per heavy atom. The maximum absolute atomic E-state index is 11.3. The van der Waals surface area contributed by atoms with E-state index in [0.29, 0.717) is 19.4 Å². The minimum Gasteiger partial charge on any atom is -0.466 e. The maximum Gasteiger partial charge on any atom is 0.306 e. The van der Waals surface area contributed by atoms with Crippen LogP contribution in [0.15, 0.2) is 12.7 Å². The summed E-state index contributed by atoms with van der Waals surface area (Å²) in [5.74, 6) is -0.548. The number of carbonyl (C=O) groups is 2. The zero-order valence-corrected chi connectivity index (χ0v) is 10.0. The Kier molecular flexibility index (Phi) is 8.21. The van der Waals surface area contributed by atoms with Gasteiger partial charge >= 0.3 is 11.9 Å². The molecule has 0 aliphatic rings. The summed E-state index contributed by atoms with van der Waals surface area (Å²) in [5, 5.41) is 0. The molecule has 1 atom stereocenters. The van der Waals surface area contributed by atoms with Gasteiger partial charge in [0.2, 0.25) is 0 Å². The Morgan fingerprint density at radius 2 is 1.94 bits per heavy atom. The van der Waals surface area contributed by atoms with Crippen molar-refractivity contribution in [1.29, 1.82) is 0 Å². The zero-order valence-electron chi connectivity index (χ0n) is 10.0. The number of hydrogen-bond acceptors (Lipinski definition) is 4. The van der Waals surface area contributed by atoms with Crippen LogP contribution in [0.4, 0.5) is 0 Å². The predicted molar refractivity (Wildman–Crippen MR) is 60.9 cm³/mol. The van der Waals surface area contributed by atoms with Crippen molar-refractivity contribution >= 4 is 11.9 Å². The lowest BCUT2D eigenvalue weighted by Gasteiger charge is -2.10. The van der Waals surface area contributed by atoms with E-state index in [4.69, 9.17) is 9.47 Å². The Balaban J connectivity index is 3.57. The lowest BCUT2D eigenvalue weighted by Crippen LogP contribution is -2.14. The summed E-state index contributed by atoms with van der Waals surface area (Å²) < 4.78 is 9.81. The molecule has 1 unspecified atom stereocenters. The smallest absolute Gasteiger partial charge is 0.306 e. The van der Waals surface area contributed by atoms with Gasteiger partial charge in [-0.1, -0.05) is 6.08 Å². The first kappa shape index (κ1) is 14.7. The molecule has 0 bridgehead atoms. The molecule has 0 aromatic carbocycles. The Hall–Kier alpha value is -1.32. The normalized spacial score (nSPS) is 11.6. The van der Waals surface area contributed by atoms with E-state index in [-0.39, 0.29) is 30.9 Å². The molecular formula is C12H20O4. The third kappa shape index (κ3) is 8.03. The summed E-state index contributed by atoms with van der Waals surface area (Å²) in [6.45, 7) is 7.50. The predicted octanol–water partition coefficient (Wildman–Crippen LogP) is 2.23. The maximum atomic E-state index is 11.3. The SMILES string of the molecule is C=CCC(C)OC(=O)CCCC(=O)OCC. The summed E-state index contributed by atoms with van der Waals surface area (Å²) >= 11 is 0. The molecule has 0 fully saturated rings. The van der Waals surface area contributed by atoms with Gasteiger partial charge < -0.3 is 9.47 Å². The molecule has 0 heterocycles. The molecule has 0 saturated carbocycles. The van der Waals surface area contributed by atoms with Gasteiger partial charge in [-0.15, -0.1) is 6.58 Å². The fourth-order valence-corrected chi connectivity index (χ4v) is 1.18. The number of ether oxygens (including phenoxy) is 2. The minimum atomic E-state index is -0.279. The van der Waals surface area contributed by atoms with Gasteiger partial charge in [0.25, 0.3) is 0 Å². The summed E-state index contributed by atoms with van der Waals surface area (Å²) in [6, 6.07) is 0. The fourth-order valence-electron chi connectivity index (χ4n) is 1.18. The number of esters is 2. The molecule has 16 heavy (non-hydrogen) atoms. The molecule has 0 aromatic heterocycles. The monoisotopic (exact) mass is 228 g/mol. The van der Waals surface area contributed by atoms with Gasteiger partial charge in [0.1, 0.15) is 6.10 Å². The molecule has 0 spiro atoms. The highest BCUT2D eigenvalue weighted by Gasteiger charge is 2.09. The van der Waals surface area contributed by atoms with Crippen molar-refractivity contribution in [1.82, 2.24) is 0 Å². The second-order valence-corrected chi connectivity index (χ2v) is 3.48. The summed E-state index contributed by atoms with van der Waals surface area (Å²) in [6.07, 6.45) is 3.19. The van der Waals surface area contributed by atoms with Crippen LogP contribution in [0.2, 0.25) is 0 Å². The third-order valence-corrected chi connectivity index (χ3v) is 1.90.